The monoisotopic (exact) mass is 257 g/mol. The molecule has 2 aromatic rings. The van der Waals surface area contributed by atoms with Crippen molar-refractivity contribution in [3.8, 4) is 11.3 Å². The Morgan fingerprint density at radius 3 is 3.26 bits per heavy atom. The number of esters is 1. The van der Waals surface area contributed by atoms with Crippen LogP contribution in [-0.4, -0.2) is 27.3 Å². The van der Waals surface area contributed by atoms with Crippen LogP contribution in [0.15, 0.2) is 24.5 Å². The molecule has 1 aliphatic rings. The maximum Gasteiger partial charge on any atom is 0.358 e. The second kappa shape index (κ2) is 4.84. The molecule has 0 fully saturated rings. The number of carbonyl (C=O) groups excluding carboxylic acids is 1. The van der Waals surface area contributed by atoms with E-state index in [0.717, 1.165) is 30.6 Å². The maximum atomic E-state index is 11.7. The molecule has 0 radical (unpaired) electrons. The van der Waals surface area contributed by atoms with E-state index in [1.54, 1.807) is 19.2 Å². The van der Waals surface area contributed by atoms with Crippen LogP contribution in [0.1, 0.15) is 29.4 Å². The third kappa shape index (κ3) is 2.12. The minimum atomic E-state index is -0.367. The molecule has 2 aromatic heterocycles. The first-order valence-corrected chi connectivity index (χ1v) is 6.48. The van der Waals surface area contributed by atoms with Gasteiger partial charge in [0.05, 0.1) is 12.3 Å². The van der Waals surface area contributed by atoms with Crippen LogP contribution < -0.4 is 0 Å². The molecule has 0 saturated carbocycles. The van der Waals surface area contributed by atoms with Crippen molar-refractivity contribution in [2.24, 2.45) is 0 Å². The van der Waals surface area contributed by atoms with E-state index in [9.17, 15) is 4.79 Å². The van der Waals surface area contributed by atoms with Gasteiger partial charge < -0.3 is 4.74 Å². The first-order chi connectivity index (χ1) is 9.29. The Labute approximate surface area is 111 Å². The molecule has 0 spiro atoms. The van der Waals surface area contributed by atoms with E-state index in [1.165, 1.54) is 5.56 Å². The van der Waals surface area contributed by atoms with E-state index in [0.29, 0.717) is 12.3 Å². The number of fused-ring (bicyclic) bond motifs is 3. The number of ether oxygens (including phenoxy) is 1. The lowest BCUT2D eigenvalue weighted by molar-refractivity contribution is 0.0518. The van der Waals surface area contributed by atoms with Gasteiger partial charge in [0.15, 0.2) is 5.69 Å². The average molecular weight is 257 g/mol. The van der Waals surface area contributed by atoms with Crippen molar-refractivity contribution in [3.63, 3.8) is 0 Å². The maximum absolute atomic E-state index is 11.7. The standard InChI is InChI=1S/C14H15N3O2/c1-2-19-14(18)12-8-13-11-9-15-6-5-10(11)4-3-7-17(13)16-12/h5-6,8-9H,2-4,7H2,1H3. The molecular weight excluding hydrogens is 242 g/mol. The number of aryl methyl sites for hydroxylation is 2. The van der Waals surface area contributed by atoms with Crippen LogP contribution in [0.2, 0.25) is 0 Å². The van der Waals surface area contributed by atoms with Gasteiger partial charge >= 0.3 is 5.97 Å². The lowest BCUT2D eigenvalue weighted by Gasteiger charge is -2.03. The van der Waals surface area contributed by atoms with Gasteiger partial charge in [-0.3, -0.25) is 9.67 Å². The van der Waals surface area contributed by atoms with Crippen molar-refractivity contribution in [1.29, 1.82) is 0 Å². The Hall–Kier alpha value is -2.17. The third-order valence-electron chi connectivity index (χ3n) is 3.27. The summed E-state index contributed by atoms with van der Waals surface area (Å²) < 4.78 is 6.87. The zero-order chi connectivity index (χ0) is 13.2. The van der Waals surface area contributed by atoms with Crippen LogP contribution in [0.3, 0.4) is 0 Å². The smallest absolute Gasteiger partial charge is 0.358 e. The number of hydrogen-bond acceptors (Lipinski definition) is 4. The largest absolute Gasteiger partial charge is 0.461 e. The molecular formula is C14H15N3O2. The average Bonchev–Trinajstić information content (AvgIpc) is 2.77. The molecule has 5 nitrogen and oxygen atoms in total. The number of rotatable bonds is 2. The number of pyridine rings is 1. The number of nitrogens with zero attached hydrogens (tertiary/aromatic N) is 3. The topological polar surface area (TPSA) is 57.0 Å². The lowest BCUT2D eigenvalue weighted by atomic mass is 10.0. The summed E-state index contributed by atoms with van der Waals surface area (Å²) in [5, 5.41) is 4.34. The highest BCUT2D eigenvalue weighted by molar-refractivity contribution is 5.88. The van der Waals surface area contributed by atoms with Crippen LogP contribution in [0.4, 0.5) is 0 Å². The quantitative estimate of drug-likeness (QED) is 0.773. The normalized spacial score (nSPS) is 13.3. The Kier molecular flexibility index (Phi) is 3.03. The molecule has 0 aliphatic carbocycles. The Bertz CT molecular complexity index is 619. The highest BCUT2D eigenvalue weighted by atomic mass is 16.5. The minimum Gasteiger partial charge on any atom is -0.461 e. The molecule has 0 atom stereocenters. The van der Waals surface area contributed by atoms with E-state index >= 15 is 0 Å². The predicted molar refractivity (Wildman–Crippen MR) is 69.7 cm³/mol. The fourth-order valence-electron chi connectivity index (χ4n) is 2.40. The molecule has 0 unspecified atom stereocenters. The molecule has 19 heavy (non-hydrogen) atoms. The van der Waals surface area contributed by atoms with Gasteiger partial charge in [0.25, 0.3) is 0 Å². The van der Waals surface area contributed by atoms with Crippen LogP contribution >= 0.6 is 0 Å². The number of hydrogen-bond donors (Lipinski definition) is 0. The van der Waals surface area contributed by atoms with Gasteiger partial charge in [-0.1, -0.05) is 0 Å². The summed E-state index contributed by atoms with van der Waals surface area (Å²) in [6, 6.07) is 3.83. The lowest BCUT2D eigenvalue weighted by Crippen LogP contribution is -2.07. The van der Waals surface area contributed by atoms with Gasteiger partial charge in [-0.2, -0.15) is 5.10 Å². The van der Waals surface area contributed by atoms with E-state index in [2.05, 4.69) is 10.1 Å². The zero-order valence-corrected chi connectivity index (χ0v) is 10.8. The van der Waals surface area contributed by atoms with Gasteiger partial charge in [-0.25, -0.2) is 4.79 Å². The highest BCUT2D eigenvalue weighted by Gasteiger charge is 2.20. The third-order valence-corrected chi connectivity index (χ3v) is 3.27. The summed E-state index contributed by atoms with van der Waals surface area (Å²) in [7, 11) is 0. The molecule has 3 heterocycles. The van der Waals surface area contributed by atoms with Gasteiger partial charge in [0.2, 0.25) is 0 Å². The summed E-state index contributed by atoms with van der Waals surface area (Å²) in [6.07, 6.45) is 5.66. The van der Waals surface area contributed by atoms with E-state index in [-0.39, 0.29) is 5.97 Å². The minimum absolute atomic E-state index is 0.360. The van der Waals surface area contributed by atoms with Crippen molar-refractivity contribution in [2.75, 3.05) is 6.61 Å². The highest BCUT2D eigenvalue weighted by Crippen LogP contribution is 2.28. The van der Waals surface area contributed by atoms with Crippen LogP contribution in [-0.2, 0) is 17.7 Å². The molecule has 3 rings (SSSR count). The molecule has 5 heteroatoms. The Morgan fingerprint density at radius 2 is 2.42 bits per heavy atom. The van der Waals surface area contributed by atoms with Crippen LogP contribution in [0, 0.1) is 0 Å². The fraction of sp³-hybridized carbons (Fsp3) is 0.357. The van der Waals surface area contributed by atoms with Crippen molar-refractivity contribution in [2.45, 2.75) is 26.3 Å². The Morgan fingerprint density at radius 1 is 1.53 bits per heavy atom. The number of carbonyl (C=O) groups is 1. The Balaban J connectivity index is 2.06. The molecule has 98 valence electrons. The molecule has 0 bridgehead atoms. The first-order valence-electron chi connectivity index (χ1n) is 6.48. The fourth-order valence-corrected chi connectivity index (χ4v) is 2.40. The van der Waals surface area contributed by atoms with Crippen molar-refractivity contribution in [1.82, 2.24) is 14.8 Å². The molecule has 1 aliphatic heterocycles. The van der Waals surface area contributed by atoms with Gasteiger partial charge in [-0.05, 0) is 37.5 Å². The molecule has 0 aromatic carbocycles. The number of aromatic nitrogens is 3. The molecule has 0 amide bonds. The van der Waals surface area contributed by atoms with E-state index < -0.39 is 0 Å². The van der Waals surface area contributed by atoms with Crippen molar-refractivity contribution >= 4 is 5.97 Å². The van der Waals surface area contributed by atoms with E-state index in [4.69, 9.17) is 4.74 Å². The van der Waals surface area contributed by atoms with Crippen LogP contribution in [0.25, 0.3) is 11.3 Å². The SMILES string of the molecule is CCOC(=O)c1cc2n(n1)CCCc1ccncc1-2. The van der Waals surface area contributed by atoms with Gasteiger partial charge in [0.1, 0.15) is 0 Å². The summed E-state index contributed by atoms with van der Waals surface area (Å²) in [5.74, 6) is -0.367. The van der Waals surface area contributed by atoms with Gasteiger partial charge in [0, 0.05) is 24.5 Å². The second-order valence-corrected chi connectivity index (χ2v) is 4.49. The summed E-state index contributed by atoms with van der Waals surface area (Å²) in [4.78, 5) is 15.9. The molecule has 0 saturated heterocycles. The second-order valence-electron chi connectivity index (χ2n) is 4.49. The molecule has 0 N–H and O–H groups in total. The van der Waals surface area contributed by atoms with Crippen LogP contribution in [0.5, 0.6) is 0 Å². The zero-order valence-electron chi connectivity index (χ0n) is 10.8. The summed E-state index contributed by atoms with van der Waals surface area (Å²) in [6.45, 7) is 2.96. The first kappa shape index (κ1) is 11.9. The van der Waals surface area contributed by atoms with Gasteiger partial charge in [-0.15, -0.1) is 0 Å². The summed E-state index contributed by atoms with van der Waals surface area (Å²) >= 11 is 0. The van der Waals surface area contributed by atoms with Crippen molar-refractivity contribution < 1.29 is 9.53 Å². The summed E-state index contributed by atoms with van der Waals surface area (Å²) in [5.41, 5.74) is 3.63. The predicted octanol–water partition coefficient (Wildman–Crippen LogP) is 2.07. The van der Waals surface area contributed by atoms with Crippen molar-refractivity contribution in [3.05, 3.63) is 35.8 Å². The van der Waals surface area contributed by atoms with E-state index in [1.807, 2.05) is 16.9 Å².